The van der Waals surface area contributed by atoms with E-state index in [1.54, 1.807) is 18.2 Å². The first-order valence-corrected chi connectivity index (χ1v) is 11.2. The lowest BCUT2D eigenvalue weighted by Gasteiger charge is -2.23. The molecule has 0 aliphatic rings. The predicted octanol–water partition coefficient (Wildman–Crippen LogP) is 6.23. The second kappa shape index (κ2) is 7.74. The summed E-state index contributed by atoms with van der Waals surface area (Å²) in [6, 6.07) is 18.5. The maximum absolute atomic E-state index is 13.7. The van der Waals surface area contributed by atoms with Crippen LogP contribution in [0.1, 0.15) is 5.56 Å². The van der Waals surface area contributed by atoms with Gasteiger partial charge >= 0.3 is 0 Å². The van der Waals surface area contributed by atoms with Gasteiger partial charge in [0.2, 0.25) is 0 Å². The Bertz CT molecular complexity index is 1290. The maximum atomic E-state index is 13.7. The minimum absolute atomic E-state index is 0.0797. The monoisotopic (exact) mass is 449 g/mol. The molecule has 0 saturated carbocycles. The highest BCUT2D eigenvalue weighted by atomic mass is 35.5. The van der Waals surface area contributed by atoms with Crippen molar-refractivity contribution in [3.8, 4) is 0 Å². The molecule has 148 valence electrons. The van der Waals surface area contributed by atoms with Crippen LogP contribution in [0.2, 0.25) is 5.02 Å². The minimum Gasteiger partial charge on any atom is -0.251 e. The fourth-order valence-electron chi connectivity index (χ4n) is 2.95. The van der Waals surface area contributed by atoms with Crippen molar-refractivity contribution in [1.82, 2.24) is 0 Å². The maximum Gasteiger partial charge on any atom is 0.265 e. The lowest BCUT2D eigenvalue weighted by molar-refractivity contribution is 0.507. The van der Waals surface area contributed by atoms with E-state index in [0.29, 0.717) is 15.6 Å². The first-order chi connectivity index (χ1) is 13.9. The predicted molar refractivity (Wildman–Crippen MR) is 113 cm³/mol. The van der Waals surface area contributed by atoms with Gasteiger partial charge in [0.15, 0.2) is 11.6 Å². The summed E-state index contributed by atoms with van der Waals surface area (Å²) in [6.07, 6.45) is 0. The average molecular weight is 450 g/mol. The molecule has 0 N–H and O–H groups in total. The van der Waals surface area contributed by atoms with Crippen molar-refractivity contribution in [3.05, 3.63) is 95.0 Å². The second-order valence-corrected chi connectivity index (χ2v) is 9.56. The Labute approximate surface area is 175 Å². The third-order valence-electron chi connectivity index (χ3n) is 4.39. The fourth-order valence-corrected chi connectivity index (χ4v) is 6.23. The van der Waals surface area contributed by atoms with E-state index >= 15 is 0 Å². The number of sulfonamides is 1. The van der Waals surface area contributed by atoms with Crippen LogP contribution in [0.5, 0.6) is 0 Å². The standard InChI is InChI=1S/C21H14ClF2NO2S2/c22-20-16-8-4-5-9-19(16)28-21(20)25(13-14-10-11-17(23)18(24)12-14)29(26,27)15-6-2-1-3-7-15/h1-12H,13H2. The molecule has 0 amide bonds. The molecule has 0 bridgehead atoms. The molecule has 1 aromatic heterocycles. The van der Waals surface area contributed by atoms with Gasteiger partial charge in [-0.15, -0.1) is 11.3 Å². The number of rotatable bonds is 5. The van der Waals surface area contributed by atoms with Crippen molar-refractivity contribution >= 4 is 48.0 Å². The number of anilines is 1. The Morgan fingerprint density at radius 1 is 0.897 bits per heavy atom. The van der Waals surface area contributed by atoms with Crippen molar-refractivity contribution in [2.75, 3.05) is 4.31 Å². The molecule has 0 unspecified atom stereocenters. The SMILES string of the molecule is O=S(=O)(c1ccccc1)N(Cc1ccc(F)c(F)c1)c1sc2ccccc2c1Cl. The topological polar surface area (TPSA) is 37.4 Å². The zero-order valence-electron chi connectivity index (χ0n) is 14.8. The van der Waals surface area contributed by atoms with E-state index in [-0.39, 0.29) is 11.4 Å². The Morgan fingerprint density at radius 2 is 1.59 bits per heavy atom. The number of hydrogen-bond donors (Lipinski definition) is 0. The van der Waals surface area contributed by atoms with Crippen molar-refractivity contribution < 1.29 is 17.2 Å². The molecule has 0 radical (unpaired) electrons. The van der Waals surface area contributed by atoms with Crippen LogP contribution in [0.15, 0.2) is 77.7 Å². The Kier molecular flexibility index (Phi) is 5.29. The summed E-state index contributed by atoms with van der Waals surface area (Å²) in [6.45, 7) is -0.193. The molecule has 4 rings (SSSR count). The van der Waals surface area contributed by atoms with Crippen molar-refractivity contribution in [2.45, 2.75) is 11.4 Å². The zero-order valence-corrected chi connectivity index (χ0v) is 17.2. The van der Waals surface area contributed by atoms with Gasteiger partial charge in [-0.1, -0.05) is 54.1 Å². The number of halogens is 3. The van der Waals surface area contributed by atoms with Gasteiger partial charge in [-0.3, -0.25) is 4.31 Å². The largest absolute Gasteiger partial charge is 0.265 e. The first kappa shape index (κ1) is 19.8. The summed E-state index contributed by atoms with van der Waals surface area (Å²) >= 11 is 7.77. The van der Waals surface area contributed by atoms with E-state index in [2.05, 4.69) is 0 Å². The number of fused-ring (bicyclic) bond motifs is 1. The molecule has 0 atom stereocenters. The van der Waals surface area contributed by atoms with E-state index in [4.69, 9.17) is 11.6 Å². The van der Waals surface area contributed by atoms with Gasteiger partial charge in [-0.2, -0.15) is 0 Å². The third-order valence-corrected chi connectivity index (χ3v) is 7.95. The number of hydrogen-bond acceptors (Lipinski definition) is 3. The molecule has 0 fully saturated rings. The summed E-state index contributed by atoms with van der Waals surface area (Å²) in [5.74, 6) is -2.03. The zero-order chi connectivity index (χ0) is 20.6. The molecule has 8 heteroatoms. The molecular weight excluding hydrogens is 436 g/mol. The van der Waals surface area contributed by atoms with Gasteiger partial charge in [0.25, 0.3) is 10.0 Å². The molecular formula is C21H14ClF2NO2S2. The Balaban J connectivity index is 1.88. The smallest absolute Gasteiger partial charge is 0.251 e. The van der Waals surface area contributed by atoms with Crippen LogP contribution in [-0.2, 0) is 16.6 Å². The lowest BCUT2D eigenvalue weighted by atomic mass is 10.2. The number of benzene rings is 3. The van der Waals surface area contributed by atoms with Gasteiger partial charge < -0.3 is 0 Å². The van der Waals surface area contributed by atoms with Crippen LogP contribution in [0.4, 0.5) is 13.8 Å². The Hall–Kier alpha value is -2.48. The van der Waals surface area contributed by atoms with E-state index in [1.807, 2.05) is 24.3 Å². The molecule has 0 saturated heterocycles. The van der Waals surface area contributed by atoms with Crippen LogP contribution >= 0.6 is 22.9 Å². The molecule has 0 aliphatic heterocycles. The van der Waals surface area contributed by atoms with Crippen molar-refractivity contribution in [3.63, 3.8) is 0 Å². The summed E-state index contributed by atoms with van der Waals surface area (Å²) in [5, 5.41) is 1.35. The third kappa shape index (κ3) is 3.73. The van der Waals surface area contributed by atoms with E-state index < -0.39 is 21.7 Å². The van der Waals surface area contributed by atoms with Gasteiger partial charge in [-0.25, -0.2) is 17.2 Å². The Morgan fingerprint density at radius 3 is 2.28 bits per heavy atom. The van der Waals surface area contributed by atoms with E-state index in [1.165, 1.54) is 29.5 Å². The number of nitrogens with zero attached hydrogens (tertiary/aromatic N) is 1. The molecule has 3 aromatic carbocycles. The van der Waals surface area contributed by atoms with Crippen molar-refractivity contribution in [1.29, 1.82) is 0 Å². The van der Waals surface area contributed by atoms with Gasteiger partial charge in [-0.05, 0) is 35.9 Å². The van der Waals surface area contributed by atoms with Crippen LogP contribution in [0.3, 0.4) is 0 Å². The van der Waals surface area contributed by atoms with Crippen LogP contribution < -0.4 is 4.31 Å². The summed E-state index contributed by atoms with van der Waals surface area (Å²) in [7, 11) is -4.00. The first-order valence-electron chi connectivity index (χ1n) is 8.56. The van der Waals surface area contributed by atoms with Gasteiger partial charge in [0.1, 0.15) is 5.00 Å². The molecule has 3 nitrogen and oxygen atoms in total. The molecule has 29 heavy (non-hydrogen) atoms. The van der Waals surface area contributed by atoms with E-state index in [9.17, 15) is 17.2 Å². The average Bonchev–Trinajstić information content (AvgIpc) is 3.06. The summed E-state index contributed by atoms with van der Waals surface area (Å²) < 4.78 is 55.9. The van der Waals surface area contributed by atoms with Crippen LogP contribution in [0, 0.1) is 11.6 Å². The van der Waals surface area contributed by atoms with Gasteiger partial charge in [0.05, 0.1) is 16.5 Å². The van der Waals surface area contributed by atoms with Crippen LogP contribution in [0.25, 0.3) is 10.1 Å². The quantitative estimate of drug-likeness (QED) is 0.362. The van der Waals surface area contributed by atoms with Gasteiger partial charge in [0, 0.05) is 10.1 Å². The fraction of sp³-hybridized carbons (Fsp3) is 0.0476. The number of thiophene rings is 1. The second-order valence-electron chi connectivity index (χ2n) is 6.29. The highest BCUT2D eigenvalue weighted by Crippen LogP contribution is 2.44. The normalized spacial score (nSPS) is 11.7. The lowest BCUT2D eigenvalue weighted by Crippen LogP contribution is -2.30. The minimum atomic E-state index is -4.00. The van der Waals surface area contributed by atoms with E-state index in [0.717, 1.165) is 26.5 Å². The molecule has 0 aliphatic carbocycles. The van der Waals surface area contributed by atoms with Crippen molar-refractivity contribution in [2.24, 2.45) is 0 Å². The summed E-state index contributed by atoms with van der Waals surface area (Å²) in [5.41, 5.74) is 0.303. The van der Waals surface area contributed by atoms with Crippen LogP contribution in [-0.4, -0.2) is 8.42 Å². The molecule has 1 heterocycles. The summed E-state index contributed by atoms with van der Waals surface area (Å²) in [4.78, 5) is 0.0797. The highest BCUT2D eigenvalue weighted by molar-refractivity contribution is 7.93. The molecule has 0 spiro atoms. The highest BCUT2D eigenvalue weighted by Gasteiger charge is 2.29. The molecule has 4 aromatic rings.